The van der Waals surface area contributed by atoms with Gasteiger partial charge in [0.05, 0.1) is 12.3 Å². The molecule has 7 nitrogen and oxygen atoms in total. The molecule has 2 aromatic carbocycles. The zero-order valence-corrected chi connectivity index (χ0v) is 20.2. The number of nitrogens with one attached hydrogen (secondary N) is 3. The predicted molar refractivity (Wildman–Crippen MR) is 131 cm³/mol. The number of ether oxygens (including phenoxy) is 1. The molecule has 1 atom stereocenters. The minimum absolute atomic E-state index is 0. The van der Waals surface area contributed by atoms with Crippen LogP contribution in [0.3, 0.4) is 0 Å². The van der Waals surface area contributed by atoms with Crippen molar-refractivity contribution in [2.75, 3.05) is 25.4 Å². The Morgan fingerprint density at radius 1 is 1.10 bits per heavy atom. The molecule has 3 rings (SSSR count). The third kappa shape index (κ3) is 7.77. The van der Waals surface area contributed by atoms with Gasteiger partial charge in [-0.25, -0.2) is 18.1 Å². The van der Waals surface area contributed by atoms with Gasteiger partial charge in [-0.3, -0.25) is 0 Å². The summed E-state index contributed by atoms with van der Waals surface area (Å²) in [6.07, 6.45) is 0.829. The summed E-state index contributed by atoms with van der Waals surface area (Å²) in [5.74, 6) is 1.47. The Hall–Kier alpha value is -1.85. The SMILES string of the molecule is CCNC(=NCC1Cc2ccccc2O1)NCCS(=O)(=O)NCc1ccccc1.I. The van der Waals surface area contributed by atoms with Crippen molar-refractivity contribution in [3.63, 3.8) is 0 Å². The van der Waals surface area contributed by atoms with Crippen LogP contribution in [0.4, 0.5) is 0 Å². The van der Waals surface area contributed by atoms with E-state index in [9.17, 15) is 8.42 Å². The first-order valence-electron chi connectivity index (χ1n) is 9.84. The maximum Gasteiger partial charge on any atom is 0.213 e. The van der Waals surface area contributed by atoms with Gasteiger partial charge in [-0.15, -0.1) is 24.0 Å². The average molecular weight is 544 g/mol. The zero-order chi connectivity index (χ0) is 20.5. The molecule has 1 heterocycles. The summed E-state index contributed by atoms with van der Waals surface area (Å²) in [7, 11) is -3.38. The van der Waals surface area contributed by atoms with E-state index in [1.54, 1.807) is 0 Å². The topological polar surface area (TPSA) is 91.8 Å². The summed E-state index contributed by atoms with van der Waals surface area (Å²) in [4.78, 5) is 4.55. The number of benzene rings is 2. The van der Waals surface area contributed by atoms with Gasteiger partial charge < -0.3 is 15.4 Å². The van der Waals surface area contributed by atoms with Crippen molar-refractivity contribution in [2.24, 2.45) is 4.99 Å². The Bertz CT molecular complexity index is 898. The van der Waals surface area contributed by atoms with Gasteiger partial charge in [0.2, 0.25) is 10.0 Å². The van der Waals surface area contributed by atoms with Gasteiger partial charge in [-0.1, -0.05) is 48.5 Å². The Kier molecular flexibility index (Phi) is 9.86. The molecule has 2 aromatic rings. The van der Waals surface area contributed by atoms with Gasteiger partial charge in [0.25, 0.3) is 0 Å². The number of halogens is 1. The largest absolute Gasteiger partial charge is 0.488 e. The molecule has 0 radical (unpaired) electrons. The highest BCUT2D eigenvalue weighted by atomic mass is 127. The second-order valence-corrected chi connectivity index (χ2v) is 8.75. The van der Waals surface area contributed by atoms with Crippen LogP contribution < -0.4 is 20.1 Å². The van der Waals surface area contributed by atoms with Crippen LogP contribution in [-0.4, -0.2) is 45.9 Å². The first-order valence-corrected chi connectivity index (χ1v) is 11.5. The Morgan fingerprint density at radius 3 is 2.57 bits per heavy atom. The van der Waals surface area contributed by atoms with Gasteiger partial charge in [0.1, 0.15) is 11.9 Å². The fourth-order valence-electron chi connectivity index (χ4n) is 3.06. The summed E-state index contributed by atoms with van der Waals surface area (Å²) in [5.41, 5.74) is 2.12. The second-order valence-electron chi connectivity index (χ2n) is 6.82. The Labute approximate surface area is 195 Å². The molecule has 0 fully saturated rings. The van der Waals surface area contributed by atoms with Crippen LogP contribution in [0.1, 0.15) is 18.1 Å². The quantitative estimate of drug-likeness (QED) is 0.256. The van der Waals surface area contributed by atoms with Crippen molar-refractivity contribution in [1.29, 1.82) is 0 Å². The molecule has 0 aliphatic carbocycles. The van der Waals surface area contributed by atoms with E-state index in [1.807, 2.05) is 55.5 Å². The minimum Gasteiger partial charge on any atom is -0.488 e. The van der Waals surface area contributed by atoms with E-state index in [0.29, 0.717) is 19.0 Å². The molecular weight excluding hydrogens is 515 g/mol. The molecule has 0 amide bonds. The lowest BCUT2D eigenvalue weighted by molar-refractivity contribution is 0.241. The van der Waals surface area contributed by atoms with Gasteiger partial charge in [-0.05, 0) is 24.1 Å². The Morgan fingerprint density at radius 2 is 1.83 bits per heavy atom. The molecular formula is C21H29IN4O3S. The number of guanidine groups is 1. The second kappa shape index (κ2) is 12.1. The molecule has 0 aromatic heterocycles. The fraction of sp³-hybridized carbons (Fsp3) is 0.381. The molecule has 1 aliphatic rings. The van der Waals surface area contributed by atoms with E-state index in [1.165, 1.54) is 5.56 Å². The number of rotatable bonds is 9. The lowest BCUT2D eigenvalue weighted by Gasteiger charge is -2.13. The maximum absolute atomic E-state index is 12.2. The molecule has 0 saturated carbocycles. The normalized spacial score (nSPS) is 15.6. The number of para-hydroxylation sites is 1. The van der Waals surface area contributed by atoms with Gasteiger partial charge in [0.15, 0.2) is 5.96 Å². The third-order valence-electron chi connectivity index (χ3n) is 4.51. The number of nitrogens with zero attached hydrogens (tertiary/aromatic N) is 1. The number of hydrogen-bond acceptors (Lipinski definition) is 4. The van der Waals surface area contributed by atoms with Gasteiger partial charge >= 0.3 is 0 Å². The van der Waals surface area contributed by atoms with E-state index < -0.39 is 10.0 Å². The van der Waals surface area contributed by atoms with E-state index in [0.717, 1.165) is 17.7 Å². The van der Waals surface area contributed by atoms with Crippen molar-refractivity contribution in [1.82, 2.24) is 15.4 Å². The molecule has 164 valence electrons. The van der Waals surface area contributed by atoms with Crippen molar-refractivity contribution in [3.05, 3.63) is 65.7 Å². The number of fused-ring (bicyclic) bond motifs is 1. The van der Waals surface area contributed by atoms with E-state index in [4.69, 9.17) is 4.74 Å². The average Bonchev–Trinajstić information content (AvgIpc) is 3.14. The summed E-state index contributed by atoms with van der Waals surface area (Å²) < 4.78 is 32.9. The van der Waals surface area contributed by atoms with Crippen LogP contribution in [0.15, 0.2) is 59.6 Å². The summed E-state index contributed by atoms with van der Waals surface area (Å²) in [6.45, 7) is 3.72. The standard InChI is InChI=1S/C21H28N4O3S.HI/c1-2-22-21(24-16-19-14-18-10-6-7-11-20(18)28-19)23-12-13-29(26,27)25-15-17-8-4-3-5-9-17;/h3-11,19,25H,2,12-16H2,1H3,(H2,22,23,24);1H. The molecule has 1 aliphatic heterocycles. The first-order chi connectivity index (χ1) is 14.1. The van der Waals surface area contributed by atoms with Crippen LogP contribution in [0.2, 0.25) is 0 Å². The van der Waals surface area contributed by atoms with Crippen LogP contribution in [0.5, 0.6) is 5.75 Å². The zero-order valence-electron chi connectivity index (χ0n) is 17.0. The molecule has 3 N–H and O–H groups in total. The van der Waals surface area contributed by atoms with Crippen molar-refractivity contribution >= 4 is 40.0 Å². The monoisotopic (exact) mass is 544 g/mol. The highest BCUT2D eigenvalue weighted by Crippen LogP contribution is 2.28. The van der Waals surface area contributed by atoms with Crippen molar-refractivity contribution in [3.8, 4) is 5.75 Å². The van der Waals surface area contributed by atoms with E-state index in [-0.39, 0.29) is 48.9 Å². The molecule has 0 bridgehead atoms. The smallest absolute Gasteiger partial charge is 0.213 e. The fourth-order valence-corrected chi connectivity index (χ4v) is 3.96. The maximum atomic E-state index is 12.2. The minimum atomic E-state index is -3.38. The highest BCUT2D eigenvalue weighted by Gasteiger charge is 2.22. The summed E-state index contributed by atoms with van der Waals surface area (Å²) in [6, 6.07) is 17.5. The third-order valence-corrected chi connectivity index (χ3v) is 5.84. The molecule has 1 unspecified atom stereocenters. The first kappa shape index (κ1) is 24.4. The lowest BCUT2D eigenvalue weighted by Crippen LogP contribution is -2.41. The predicted octanol–water partition coefficient (Wildman–Crippen LogP) is 2.28. The van der Waals surface area contributed by atoms with Gasteiger partial charge in [0, 0.05) is 26.1 Å². The van der Waals surface area contributed by atoms with Crippen LogP contribution >= 0.6 is 24.0 Å². The molecule has 9 heteroatoms. The van der Waals surface area contributed by atoms with Crippen LogP contribution in [-0.2, 0) is 23.0 Å². The number of sulfonamides is 1. The Balaban J connectivity index is 0.00000320. The van der Waals surface area contributed by atoms with Crippen LogP contribution in [0.25, 0.3) is 0 Å². The van der Waals surface area contributed by atoms with Gasteiger partial charge in [-0.2, -0.15) is 0 Å². The summed E-state index contributed by atoms with van der Waals surface area (Å²) >= 11 is 0. The van der Waals surface area contributed by atoms with E-state index in [2.05, 4.69) is 26.4 Å². The number of aliphatic imine (C=N–C) groups is 1. The van der Waals surface area contributed by atoms with Crippen LogP contribution in [0, 0.1) is 0 Å². The molecule has 0 spiro atoms. The number of hydrogen-bond donors (Lipinski definition) is 3. The van der Waals surface area contributed by atoms with E-state index >= 15 is 0 Å². The highest BCUT2D eigenvalue weighted by molar-refractivity contribution is 14.0. The molecule has 0 saturated heterocycles. The molecule has 30 heavy (non-hydrogen) atoms. The lowest BCUT2D eigenvalue weighted by atomic mass is 10.1. The van der Waals surface area contributed by atoms with Crippen molar-refractivity contribution in [2.45, 2.75) is 26.0 Å². The summed E-state index contributed by atoms with van der Waals surface area (Å²) in [5, 5.41) is 6.22. The van der Waals surface area contributed by atoms with Crippen molar-refractivity contribution < 1.29 is 13.2 Å².